The minimum absolute atomic E-state index is 0.657. The van der Waals surface area contributed by atoms with Gasteiger partial charge < -0.3 is 0 Å². The fraction of sp³-hybridized carbons (Fsp3) is 0.500. The van der Waals surface area contributed by atoms with Gasteiger partial charge in [0, 0.05) is 0 Å². The van der Waals surface area contributed by atoms with Gasteiger partial charge in [-0.25, -0.2) is 0 Å². The van der Waals surface area contributed by atoms with Crippen molar-refractivity contribution in [1.29, 1.82) is 0 Å². The Kier molecular flexibility index (Phi) is 5.31. The third kappa shape index (κ3) is 3.13. The van der Waals surface area contributed by atoms with E-state index in [2.05, 4.69) is 84.4 Å². The number of hydrogen-bond acceptors (Lipinski definition) is 6. The Morgan fingerprint density at radius 2 is 1.30 bits per heavy atom. The first-order valence-electron chi connectivity index (χ1n) is 6.24. The predicted octanol–water partition coefficient (Wildman–Crippen LogP) is 5.01. The van der Waals surface area contributed by atoms with E-state index in [1.807, 2.05) is 3.37 Å². The molecule has 0 saturated heterocycles. The predicted molar refractivity (Wildman–Crippen MR) is 107 cm³/mol. The molecule has 4 heterocycles. The molecular weight excluding hydrogens is 494 g/mol. The summed E-state index contributed by atoms with van der Waals surface area (Å²) < 4.78 is 10.2. The Hall–Kier alpha value is 2.36. The zero-order chi connectivity index (χ0) is 13.7. The standard InChI is InChI=1S/C12H12S6Se2/c1-5-6(2)16-8-7(15-5)17-9(18-8)12-19-10-11(20-12)14-4-3-13-10/h5-6H,3-4H2,1-2H3/t5-,6+. The van der Waals surface area contributed by atoms with E-state index in [-0.39, 0.29) is 0 Å². The topological polar surface area (TPSA) is 0 Å². The first-order valence-corrected chi connectivity index (χ1v) is 15.0. The van der Waals surface area contributed by atoms with Crippen LogP contribution in [0.5, 0.6) is 0 Å². The van der Waals surface area contributed by atoms with E-state index < -0.39 is 0 Å². The molecule has 2 atom stereocenters. The molecule has 8 heteroatoms. The average Bonchev–Trinajstić information content (AvgIpc) is 3.02. The summed E-state index contributed by atoms with van der Waals surface area (Å²) in [6, 6.07) is 0. The summed E-state index contributed by atoms with van der Waals surface area (Å²) in [5.41, 5.74) is 0. The van der Waals surface area contributed by atoms with E-state index in [4.69, 9.17) is 0 Å². The van der Waals surface area contributed by atoms with Crippen molar-refractivity contribution in [3.63, 3.8) is 0 Å². The summed E-state index contributed by atoms with van der Waals surface area (Å²) in [5.74, 6) is 2.67. The van der Waals surface area contributed by atoms with Crippen molar-refractivity contribution >= 4 is 100 Å². The molecule has 0 spiro atoms. The molecule has 0 saturated carbocycles. The van der Waals surface area contributed by atoms with Gasteiger partial charge in [-0.15, -0.1) is 0 Å². The van der Waals surface area contributed by atoms with Crippen LogP contribution < -0.4 is 0 Å². The quantitative estimate of drug-likeness (QED) is 0.421. The maximum atomic E-state index is 2.37. The van der Waals surface area contributed by atoms with Crippen LogP contribution in [0.4, 0.5) is 0 Å². The number of thioether (sulfide) groups is 6. The molecule has 4 aliphatic rings. The minimum atomic E-state index is 0.657. The van der Waals surface area contributed by atoms with Crippen molar-refractivity contribution in [2.75, 3.05) is 11.5 Å². The van der Waals surface area contributed by atoms with E-state index in [1.165, 1.54) is 11.5 Å². The van der Waals surface area contributed by atoms with Gasteiger partial charge in [-0.05, 0) is 0 Å². The van der Waals surface area contributed by atoms with Crippen LogP contribution in [0.3, 0.4) is 0 Å². The molecule has 4 aliphatic heterocycles. The van der Waals surface area contributed by atoms with Crippen molar-refractivity contribution in [2.45, 2.75) is 24.3 Å². The summed E-state index contributed by atoms with van der Waals surface area (Å²) in [4.78, 5) is 0. The van der Waals surface area contributed by atoms with Gasteiger partial charge in [0.05, 0.1) is 0 Å². The van der Waals surface area contributed by atoms with Crippen LogP contribution >= 0.6 is 70.6 Å². The molecule has 20 heavy (non-hydrogen) atoms. The molecule has 0 unspecified atom stereocenters. The Bertz CT molecular complexity index is 508. The second-order valence-corrected chi connectivity index (χ2v) is 19.0. The fourth-order valence-electron chi connectivity index (χ4n) is 1.83. The van der Waals surface area contributed by atoms with Gasteiger partial charge in [-0.3, -0.25) is 0 Å². The molecule has 0 radical (unpaired) electrons. The first kappa shape index (κ1) is 15.9. The summed E-state index contributed by atoms with van der Waals surface area (Å²) in [5, 5.41) is 1.52. The fourth-order valence-corrected chi connectivity index (χ4v) is 21.3. The molecule has 0 fully saturated rings. The van der Waals surface area contributed by atoms with Gasteiger partial charge in [0.2, 0.25) is 0 Å². The summed E-state index contributed by atoms with van der Waals surface area (Å²) in [7, 11) is 0. The van der Waals surface area contributed by atoms with Gasteiger partial charge in [0.1, 0.15) is 0 Å². The van der Waals surface area contributed by atoms with Gasteiger partial charge in [-0.1, -0.05) is 0 Å². The molecule has 0 bridgehead atoms. The van der Waals surface area contributed by atoms with E-state index >= 15 is 0 Å². The number of rotatable bonds is 0. The third-order valence-corrected chi connectivity index (χ3v) is 21.2. The normalized spacial score (nSPS) is 33.9. The zero-order valence-electron chi connectivity index (χ0n) is 10.8. The Labute approximate surface area is 158 Å². The summed E-state index contributed by atoms with van der Waals surface area (Å²) in [6.45, 7) is 4.75. The summed E-state index contributed by atoms with van der Waals surface area (Å²) in [6.07, 6.45) is 0. The van der Waals surface area contributed by atoms with Gasteiger partial charge in [-0.2, -0.15) is 0 Å². The first-order chi connectivity index (χ1) is 9.70. The molecule has 4 rings (SSSR count). The maximum absolute atomic E-state index is 2.37. The SMILES string of the molecule is C[C@@H]1SC2=C(SC(=C3[Se]C4=C(SCCS4)[Se]3)S2)S[C@@H]1C. The number of hydrogen-bond donors (Lipinski definition) is 0. The van der Waals surface area contributed by atoms with E-state index in [9.17, 15) is 0 Å². The average molecular weight is 507 g/mol. The van der Waals surface area contributed by atoms with Crippen molar-refractivity contribution in [2.24, 2.45) is 0 Å². The molecule has 0 nitrogen and oxygen atoms in total. The Morgan fingerprint density at radius 1 is 0.800 bits per heavy atom. The zero-order valence-corrected chi connectivity index (χ0v) is 19.2. The van der Waals surface area contributed by atoms with Crippen LogP contribution in [-0.2, 0) is 0 Å². The summed E-state index contributed by atoms with van der Waals surface area (Å²) >= 11 is 14.0. The van der Waals surface area contributed by atoms with Gasteiger partial charge in [0.15, 0.2) is 0 Å². The second kappa shape index (κ2) is 6.70. The van der Waals surface area contributed by atoms with Crippen LogP contribution in [0, 0.1) is 0 Å². The molecular formula is C12H12S6Se2. The van der Waals surface area contributed by atoms with Crippen LogP contribution in [0.15, 0.2) is 23.7 Å². The van der Waals surface area contributed by atoms with Crippen molar-refractivity contribution in [3.8, 4) is 0 Å². The molecule has 0 aromatic rings. The van der Waals surface area contributed by atoms with Gasteiger partial charge >= 0.3 is 160 Å². The molecule has 0 amide bonds. The van der Waals surface area contributed by atoms with E-state index in [1.54, 1.807) is 20.3 Å². The van der Waals surface area contributed by atoms with Crippen LogP contribution in [0.2, 0.25) is 0 Å². The van der Waals surface area contributed by atoms with Crippen LogP contribution in [-0.4, -0.2) is 51.9 Å². The Morgan fingerprint density at radius 3 is 1.80 bits per heavy atom. The molecule has 0 aromatic heterocycles. The van der Waals surface area contributed by atoms with Crippen molar-refractivity contribution in [3.05, 3.63) is 23.7 Å². The molecule has 0 aliphatic carbocycles. The van der Waals surface area contributed by atoms with Crippen molar-refractivity contribution < 1.29 is 0 Å². The van der Waals surface area contributed by atoms with Crippen LogP contribution in [0.25, 0.3) is 0 Å². The van der Waals surface area contributed by atoms with Crippen molar-refractivity contribution in [1.82, 2.24) is 0 Å². The molecule has 0 aromatic carbocycles. The third-order valence-electron chi connectivity index (χ3n) is 3.04. The molecule has 108 valence electrons. The molecule has 0 N–H and O–H groups in total. The van der Waals surface area contributed by atoms with E-state index in [0.717, 1.165) is 10.5 Å². The monoisotopic (exact) mass is 508 g/mol. The van der Waals surface area contributed by atoms with Gasteiger partial charge in [0.25, 0.3) is 0 Å². The second-order valence-electron chi connectivity index (χ2n) is 4.48. The van der Waals surface area contributed by atoms with Crippen LogP contribution in [0.1, 0.15) is 13.8 Å². The Balaban J connectivity index is 1.52. The van der Waals surface area contributed by atoms with E-state index in [0.29, 0.717) is 29.9 Å².